The van der Waals surface area contributed by atoms with Crippen molar-refractivity contribution in [2.45, 2.75) is 13.3 Å². The van der Waals surface area contributed by atoms with Crippen molar-refractivity contribution < 1.29 is 4.42 Å². The van der Waals surface area contributed by atoms with Crippen molar-refractivity contribution in [2.24, 2.45) is 0 Å². The van der Waals surface area contributed by atoms with Crippen molar-refractivity contribution >= 4 is 28.4 Å². The molecule has 2 rings (SSSR count). The third-order valence-electron chi connectivity index (χ3n) is 2.03. The van der Waals surface area contributed by atoms with Gasteiger partial charge in [0.15, 0.2) is 11.6 Å². The van der Waals surface area contributed by atoms with Crippen LogP contribution in [0.15, 0.2) is 29.0 Å². The van der Waals surface area contributed by atoms with Crippen molar-refractivity contribution in [3.05, 3.63) is 28.2 Å². The predicted octanol–water partition coefficient (Wildman–Crippen LogP) is 3.16. The van der Waals surface area contributed by atoms with Crippen molar-refractivity contribution in [3.8, 4) is 11.6 Å². The second-order valence-electron chi connectivity index (χ2n) is 3.29. The maximum atomic E-state index is 5.26. The summed E-state index contributed by atoms with van der Waals surface area (Å²) in [5.41, 5.74) is 0. The molecule has 0 aliphatic rings. The maximum Gasteiger partial charge on any atom is 0.197 e. The van der Waals surface area contributed by atoms with E-state index in [4.69, 9.17) is 4.42 Å². The van der Waals surface area contributed by atoms with Gasteiger partial charge in [-0.3, -0.25) is 0 Å². The zero-order chi connectivity index (χ0) is 11.4. The van der Waals surface area contributed by atoms with E-state index in [2.05, 4.69) is 44.8 Å². The first kappa shape index (κ1) is 11.4. The van der Waals surface area contributed by atoms with E-state index in [1.54, 1.807) is 12.5 Å². The van der Waals surface area contributed by atoms with Crippen LogP contribution >= 0.6 is 22.6 Å². The van der Waals surface area contributed by atoms with Gasteiger partial charge in [-0.05, 0) is 41.1 Å². The first-order valence-corrected chi connectivity index (χ1v) is 6.19. The van der Waals surface area contributed by atoms with Crippen LogP contribution in [0.25, 0.3) is 11.6 Å². The Morgan fingerprint density at radius 3 is 3.06 bits per heavy atom. The van der Waals surface area contributed by atoms with Crippen molar-refractivity contribution in [1.29, 1.82) is 0 Å². The summed E-state index contributed by atoms with van der Waals surface area (Å²) in [5, 5.41) is 3.26. The van der Waals surface area contributed by atoms with E-state index in [0.29, 0.717) is 11.6 Å². The van der Waals surface area contributed by atoms with Gasteiger partial charge < -0.3 is 9.73 Å². The Bertz CT molecular complexity index is 456. The highest BCUT2D eigenvalue weighted by Crippen LogP contribution is 2.20. The number of furan rings is 1. The minimum Gasteiger partial charge on any atom is -0.461 e. The van der Waals surface area contributed by atoms with E-state index < -0.39 is 0 Å². The Morgan fingerprint density at radius 1 is 1.50 bits per heavy atom. The standard InChI is InChI=1S/C11H12IN3O/c1-2-5-13-10-8(12)7-14-11(15-10)9-4-3-6-16-9/h3-4,6-7H,2,5H2,1H3,(H,13,14,15). The lowest BCUT2D eigenvalue weighted by Gasteiger charge is -2.06. The Kier molecular flexibility index (Phi) is 3.76. The predicted molar refractivity (Wildman–Crippen MR) is 71.2 cm³/mol. The molecule has 0 saturated heterocycles. The fourth-order valence-corrected chi connectivity index (χ4v) is 1.71. The molecule has 0 saturated carbocycles. The lowest BCUT2D eigenvalue weighted by Crippen LogP contribution is -2.05. The number of aromatic nitrogens is 2. The number of halogens is 1. The molecule has 2 aromatic heterocycles. The van der Waals surface area contributed by atoms with Gasteiger partial charge in [-0.25, -0.2) is 9.97 Å². The smallest absolute Gasteiger partial charge is 0.197 e. The Labute approximate surface area is 108 Å². The average molecular weight is 329 g/mol. The fourth-order valence-electron chi connectivity index (χ4n) is 1.26. The van der Waals surface area contributed by atoms with Gasteiger partial charge in [-0.2, -0.15) is 0 Å². The summed E-state index contributed by atoms with van der Waals surface area (Å²) >= 11 is 2.22. The fraction of sp³-hybridized carbons (Fsp3) is 0.273. The molecule has 1 N–H and O–H groups in total. The van der Waals surface area contributed by atoms with Gasteiger partial charge in [-0.1, -0.05) is 6.92 Å². The van der Waals surface area contributed by atoms with Gasteiger partial charge in [0.05, 0.1) is 9.83 Å². The van der Waals surface area contributed by atoms with Gasteiger partial charge in [0.25, 0.3) is 0 Å². The molecule has 0 spiro atoms. The summed E-state index contributed by atoms with van der Waals surface area (Å²) in [6, 6.07) is 3.68. The number of anilines is 1. The molecule has 0 amide bonds. The van der Waals surface area contributed by atoms with Crippen LogP contribution in [-0.4, -0.2) is 16.5 Å². The highest BCUT2D eigenvalue weighted by atomic mass is 127. The lowest BCUT2D eigenvalue weighted by atomic mass is 10.4. The third kappa shape index (κ3) is 2.52. The van der Waals surface area contributed by atoms with Crippen LogP contribution in [0.5, 0.6) is 0 Å². The van der Waals surface area contributed by atoms with Crippen LogP contribution in [0.3, 0.4) is 0 Å². The topological polar surface area (TPSA) is 51.0 Å². The van der Waals surface area contributed by atoms with Gasteiger partial charge in [0.1, 0.15) is 5.82 Å². The van der Waals surface area contributed by atoms with Crippen molar-refractivity contribution in [3.63, 3.8) is 0 Å². The van der Waals surface area contributed by atoms with E-state index in [1.165, 1.54) is 0 Å². The molecule has 2 aromatic rings. The number of nitrogens with zero attached hydrogens (tertiary/aromatic N) is 2. The molecule has 0 bridgehead atoms. The first-order valence-electron chi connectivity index (χ1n) is 5.11. The highest BCUT2D eigenvalue weighted by molar-refractivity contribution is 14.1. The minimum atomic E-state index is 0.615. The zero-order valence-electron chi connectivity index (χ0n) is 8.90. The van der Waals surface area contributed by atoms with Gasteiger partial charge in [0.2, 0.25) is 0 Å². The number of hydrogen-bond acceptors (Lipinski definition) is 4. The number of hydrogen-bond donors (Lipinski definition) is 1. The molecule has 0 aromatic carbocycles. The van der Waals surface area contributed by atoms with Crippen LogP contribution in [0.4, 0.5) is 5.82 Å². The van der Waals surface area contributed by atoms with Crippen LogP contribution in [0, 0.1) is 3.57 Å². The van der Waals surface area contributed by atoms with Crippen LogP contribution < -0.4 is 5.32 Å². The van der Waals surface area contributed by atoms with E-state index in [1.807, 2.05) is 12.1 Å². The highest BCUT2D eigenvalue weighted by Gasteiger charge is 2.08. The summed E-state index contributed by atoms with van der Waals surface area (Å²) in [7, 11) is 0. The Balaban J connectivity index is 2.28. The molecule has 2 heterocycles. The summed E-state index contributed by atoms with van der Waals surface area (Å²) in [5.74, 6) is 2.17. The van der Waals surface area contributed by atoms with Crippen molar-refractivity contribution in [2.75, 3.05) is 11.9 Å². The molecular formula is C11H12IN3O. The second-order valence-corrected chi connectivity index (χ2v) is 4.46. The maximum absolute atomic E-state index is 5.26. The molecule has 0 aliphatic carbocycles. The molecule has 84 valence electrons. The van der Waals surface area contributed by atoms with Crippen LogP contribution in [-0.2, 0) is 0 Å². The monoisotopic (exact) mass is 329 g/mol. The molecule has 4 nitrogen and oxygen atoms in total. The lowest BCUT2D eigenvalue weighted by molar-refractivity contribution is 0.577. The number of nitrogens with one attached hydrogen (secondary N) is 1. The van der Waals surface area contributed by atoms with E-state index in [0.717, 1.165) is 22.4 Å². The second kappa shape index (κ2) is 5.29. The van der Waals surface area contributed by atoms with E-state index in [9.17, 15) is 0 Å². The molecular weight excluding hydrogens is 317 g/mol. The molecule has 0 atom stereocenters. The summed E-state index contributed by atoms with van der Waals surface area (Å²) < 4.78 is 6.28. The number of rotatable bonds is 4. The minimum absolute atomic E-state index is 0.615. The van der Waals surface area contributed by atoms with Gasteiger partial charge in [0, 0.05) is 12.7 Å². The summed E-state index contributed by atoms with van der Waals surface area (Å²) in [4.78, 5) is 8.67. The summed E-state index contributed by atoms with van der Waals surface area (Å²) in [6.07, 6.45) is 4.48. The van der Waals surface area contributed by atoms with E-state index >= 15 is 0 Å². The third-order valence-corrected chi connectivity index (χ3v) is 2.82. The molecule has 0 aliphatic heterocycles. The molecule has 5 heteroatoms. The molecule has 0 radical (unpaired) electrons. The molecule has 0 fully saturated rings. The van der Waals surface area contributed by atoms with Gasteiger partial charge in [-0.15, -0.1) is 0 Å². The Morgan fingerprint density at radius 2 is 2.38 bits per heavy atom. The molecule has 16 heavy (non-hydrogen) atoms. The largest absolute Gasteiger partial charge is 0.461 e. The SMILES string of the molecule is CCCNc1nc(-c2ccco2)ncc1I. The Hall–Kier alpha value is -1.11. The molecule has 0 unspecified atom stereocenters. The normalized spacial score (nSPS) is 10.4. The average Bonchev–Trinajstić information content (AvgIpc) is 2.81. The van der Waals surface area contributed by atoms with Crippen molar-refractivity contribution in [1.82, 2.24) is 9.97 Å². The van der Waals surface area contributed by atoms with Crippen LogP contribution in [0.2, 0.25) is 0 Å². The van der Waals surface area contributed by atoms with Gasteiger partial charge >= 0.3 is 0 Å². The van der Waals surface area contributed by atoms with Crippen LogP contribution in [0.1, 0.15) is 13.3 Å². The first-order chi connectivity index (χ1) is 7.81. The van der Waals surface area contributed by atoms with E-state index in [-0.39, 0.29) is 0 Å². The zero-order valence-corrected chi connectivity index (χ0v) is 11.1. The summed E-state index contributed by atoms with van der Waals surface area (Å²) in [6.45, 7) is 3.03. The quantitative estimate of drug-likeness (QED) is 0.876.